The highest BCUT2D eigenvalue weighted by molar-refractivity contribution is 7.80. The number of para-hydroxylation sites is 1. The minimum atomic E-state index is -0.324. The molecule has 34 heavy (non-hydrogen) atoms. The summed E-state index contributed by atoms with van der Waals surface area (Å²) in [5.74, 6) is 1.11. The van der Waals surface area contributed by atoms with Crippen LogP contribution in [-0.4, -0.2) is 29.2 Å². The van der Waals surface area contributed by atoms with E-state index in [-0.39, 0.29) is 17.1 Å². The van der Waals surface area contributed by atoms with Gasteiger partial charge < -0.3 is 14.8 Å². The molecule has 1 heterocycles. The van der Waals surface area contributed by atoms with Crippen molar-refractivity contribution in [3.63, 3.8) is 0 Å². The Morgan fingerprint density at radius 2 is 1.71 bits per heavy atom. The van der Waals surface area contributed by atoms with Crippen molar-refractivity contribution in [1.29, 1.82) is 0 Å². The molecule has 0 unspecified atom stereocenters. The van der Waals surface area contributed by atoms with Gasteiger partial charge in [-0.3, -0.25) is 10.1 Å². The summed E-state index contributed by atoms with van der Waals surface area (Å²) in [7, 11) is 1.59. The van der Waals surface area contributed by atoms with Crippen LogP contribution in [0.2, 0.25) is 0 Å². The zero-order chi connectivity index (χ0) is 24.1. The molecule has 172 valence electrons. The van der Waals surface area contributed by atoms with Crippen molar-refractivity contribution >= 4 is 39.8 Å². The lowest BCUT2D eigenvalue weighted by atomic mass is 10.0. The predicted octanol–water partition coefficient (Wildman–Crippen LogP) is 5.82. The summed E-state index contributed by atoms with van der Waals surface area (Å²) >= 11 is 5.38. The van der Waals surface area contributed by atoms with Gasteiger partial charge in [-0.05, 0) is 62.5 Å². The van der Waals surface area contributed by atoms with Crippen LogP contribution in [0.15, 0.2) is 78.9 Å². The van der Waals surface area contributed by atoms with Crippen LogP contribution in [-0.2, 0) is 0 Å². The fraction of sp³-hybridized carbons (Fsp3) is 0.148. The van der Waals surface area contributed by atoms with E-state index in [1.165, 1.54) is 0 Å². The maximum atomic E-state index is 13.3. The van der Waals surface area contributed by atoms with Crippen LogP contribution in [0.25, 0.3) is 22.2 Å². The number of aromatic nitrogens is 1. The monoisotopic (exact) mass is 471 g/mol. The standard InChI is InChI=1S/C27H25N3O3S/c1-17(2)33-21-11-6-8-18(14-21)25-16-23(22-12-4-5-13-24(22)29-25)26(31)30-27(34)28-19-9-7-10-20(15-19)32-3/h4-17H,1-3H3,(H2,28,30,31,34). The van der Waals surface area contributed by atoms with Gasteiger partial charge in [0.15, 0.2) is 5.11 Å². The lowest BCUT2D eigenvalue weighted by molar-refractivity contribution is 0.0979. The Morgan fingerprint density at radius 3 is 2.50 bits per heavy atom. The number of carbonyl (C=O) groups is 1. The van der Waals surface area contributed by atoms with E-state index < -0.39 is 0 Å². The Hall–Kier alpha value is -3.97. The maximum absolute atomic E-state index is 13.3. The minimum Gasteiger partial charge on any atom is -0.497 e. The SMILES string of the molecule is COc1cccc(NC(=S)NC(=O)c2cc(-c3cccc(OC(C)C)c3)nc3ccccc23)c1. The fourth-order valence-corrected chi connectivity index (χ4v) is 3.76. The number of benzene rings is 3. The first-order valence-electron chi connectivity index (χ1n) is 10.9. The number of nitrogens with one attached hydrogen (secondary N) is 2. The molecule has 1 aromatic heterocycles. The van der Waals surface area contributed by atoms with E-state index in [0.29, 0.717) is 28.2 Å². The van der Waals surface area contributed by atoms with Crippen molar-refractivity contribution in [3.8, 4) is 22.8 Å². The van der Waals surface area contributed by atoms with Gasteiger partial charge in [0.2, 0.25) is 0 Å². The van der Waals surface area contributed by atoms with Crippen molar-refractivity contribution in [2.24, 2.45) is 0 Å². The predicted molar refractivity (Wildman–Crippen MR) is 140 cm³/mol. The van der Waals surface area contributed by atoms with E-state index in [1.807, 2.05) is 80.6 Å². The number of methoxy groups -OCH3 is 1. The topological polar surface area (TPSA) is 72.5 Å². The molecule has 1 amide bonds. The third kappa shape index (κ3) is 5.50. The molecule has 0 radical (unpaired) electrons. The molecular formula is C27H25N3O3S. The number of anilines is 1. The van der Waals surface area contributed by atoms with Crippen molar-refractivity contribution < 1.29 is 14.3 Å². The molecule has 0 saturated heterocycles. The van der Waals surface area contributed by atoms with Crippen LogP contribution in [0.5, 0.6) is 11.5 Å². The summed E-state index contributed by atoms with van der Waals surface area (Å²) in [6, 6.07) is 24.3. The van der Waals surface area contributed by atoms with Gasteiger partial charge in [0, 0.05) is 22.7 Å². The molecule has 0 fully saturated rings. The van der Waals surface area contributed by atoms with E-state index >= 15 is 0 Å². The van der Waals surface area contributed by atoms with E-state index in [4.69, 9.17) is 26.7 Å². The number of hydrogen-bond donors (Lipinski definition) is 2. The summed E-state index contributed by atoms with van der Waals surface area (Å²) in [4.78, 5) is 18.0. The van der Waals surface area contributed by atoms with E-state index in [9.17, 15) is 4.79 Å². The lowest BCUT2D eigenvalue weighted by Gasteiger charge is -2.14. The maximum Gasteiger partial charge on any atom is 0.258 e. The highest BCUT2D eigenvalue weighted by atomic mass is 32.1. The molecule has 0 aliphatic carbocycles. The summed E-state index contributed by atoms with van der Waals surface area (Å²) < 4.78 is 11.1. The summed E-state index contributed by atoms with van der Waals surface area (Å²) in [5.41, 5.74) is 3.43. The van der Waals surface area contributed by atoms with Crippen molar-refractivity contribution in [2.75, 3.05) is 12.4 Å². The third-order valence-electron chi connectivity index (χ3n) is 5.02. The van der Waals surface area contributed by atoms with E-state index in [0.717, 1.165) is 16.7 Å². The van der Waals surface area contributed by atoms with Gasteiger partial charge in [-0.2, -0.15) is 0 Å². The summed E-state index contributed by atoms with van der Waals surface area (Å²) in [5, 5.41) is 6.73. The van der Waals surface area contributed by atoms with Crippen LogP contribution in [0.4, 0.5) is 5.69 Å². The molecule has 0 bridgehead atoms. The minimum absolute atomic E-state index is 0.0549. The van der Waals surface area contributed by atoms with Crippen LogP contribution in [0, 0.1) is 0 Å². The van der Waals surface area contributed by atoms with E-state index in [2.05, 4.69) is 10.6 Å². The number of fused-ring (bicyclic) bond motifs is 1. The Balaban J connectivity index is 1.64. The van der Waals surface area contributed by atoms with E-state index in [1.54, 1.807) is 19.2 Å². The quantitative estimate of drug-likeness (QED) is 0.345. The summed E-state index contributed by atoms with van der Waals surface area (Å²) in [6.45, 7) is 3.96. The average Bonchev–Trinajstić information content (AvgIpc) is 2.83. The van der Waals surface area contributed by atoms with Gasteiger partial charge in [0.1, 0.15) is 11.5 Å². The Labute approximate surface area is 203 Å². The number of thiocarbonyl (C=S) groups is 1. The van der Waals surface area contributed by atoms with Gasteiger partial charge in [-0.15, -0.1) is 0 Å². The molecule has 6 nitrogen and oxygen atoms in total. The van der Waals surface area contributed by atoms with Crippen LogP contribution in [0.1, 0.15) is 24.2 Å². The number of hydrogen-bond acceptors (Lipinski definition) is 5. The van der Waals surface area contributed by atoms with Gasteiger partial charge in [0.25, 0.3) is 5.91 Å². The number of rotatable bonds is 6. The Morgan fingerprint density at radius 1 is 0.941 bits per heavy atom. The smallest absolute Gasteiger partial charge is 0.258 e. The number of carbonyl (C=O) groups excluding carboxylic acids is 1. The van der Waals surface area contributed by atoms with Gasteiger partial charge in [0.05, 0.1) is 30.0 Å². The molecule has 4 rings (SSSR count). The van der Waals surface area contributed by atoms with Crippen molar-refractivity contribution in [1.82, 2.24) is 10.3 Å². The number of pyridine rings is 1. The average molecular weight is 472 g/mol. The van der Waals surface area contributed by atoms with Crippen LogP contribution < -0.4 is 20.1 Å². The van der Waals surface area contributed by atoms with Crippen LogP contribution in [0.3, 0.4) is 0 Å². The van der Waals surface area contributed by atoms with Gasteiger partial charge in [-0.25, -0.2) is 4.98 Å². The number of amides is 1. The van der Waals surface area contributed by atoms with Crippen LogP contribution >= 0.6 is 12.2 Å². The lowest BCUT2D eigenvalue weighted by Crippen LogP contribution is -2.34. The first-order valence-corrected chi connectivity index (χ1v) is 11.3. The normalized spacial score (nSPS) is 10.7. The van der Waals surface area contributed by atoms with Crippen molar-refractivity contribution in [3.05, 3.63) is 84.4 Å². The first-order chi connectivity index (χ1) is 16.4. The molecule has 4 aromatic rings. The molecule has 3 aromatic carbocycles. The zero-order valence-corrected chi connectivity index (χ0v) is 20.0. The molecule has 0 saturated carbocycles. The molecular weight excluding hydrogens is 446 g/mol. The first kappa shape index (κ1) is 23.2. The second-order valence-corrected chi connectivity index (χ2v) is 8.32. The highest BCUT2D eigenvalue weighted by Gasteiger charge is 2.16. The molecule has 0 aliphatic rings. The van der Waals surface area contributed by atoms with Gasteiger partial charge in [-0.1, -0.05) is 36.4 Å². The number of ether oxygens (including phenoxy) is 2. The largest absolute Gasteiger partial charge is 0.497 e. The third-order valence-corrected chi connectivity index (χ3v) is 5.22. The van der Waals surface area contributed by atoms with Gasteiger partial charge >= 0.3 is 0 Å². The Bertz CT molecular complexity index is 1350. The highest BCUT2D eigenvalue weighted by Crippen LogP contribution is 2.28. The Kier molecular flexibility index (Phi) is 7.04. The molecule has 7 heteroatoms. The van der Waals surface area contributed by atoms with Crippen molar-refractivity contribution in [2.45, 2.75) is 20.0 Å². The second-order valence-electron chi connectivity index (χ2n) is 7.91. The molecule has 0 spiro atoms. The summed E-state index contributed by atoms with van der Waals surface area (Å²) in [6.07, 6.45) is 0.0549. The fourth-order valence-electron chi connectivity index (χ4n) is 3.55. The second kappa shape index (κ2) is 10.3. The molecule has 0 aliphatic heterocycles. The number of nitrogens with zero attached hydrogens (tertiary/aromatic N) is 1. The molecule has 2 N–H and O–H groups in total. The molecule has 0 atom stereocenters. The zero-order valence-electron chi connectivity index (χ0n) is 19.2.